The van der Waals surface area contributed by atoms with Crippen LogP contribution in [0.1, 0.15) is 6.42 Å². The fraction of sp³-hybridized carbons (Fsp3) is 0.967. The van der Waals surface area contributed by atoms with Crippen molar-refractivity contribution in [1.29, 1.82) is 0 Å². The molecule has 0 aromatic heterocycles. The lowest BCUT2D eigenvalue weighted by atomic mass is 9.83. The second-order valence-electron chi connectivity index (χ2n) is 14.2. The van der Waals surface area contributed by atoms with Crippen molar-refractivity contribution in [2.75, 3.05) is 39.4 Å². The molecule has 3 aliphatic heterocycles. The van der Waals surface area contributed by atoms with Crippen LogP contribution in [0.15, 0.2) is 0 Å². The van der Waals surface area contributed by atoms with Crippen molar-refractivity contribution in [2.45, 2.75) is 141 Å². The Balaban J connectivity index is 1.58. The van der Waals surface area contributed by atoms with Crippen LogP contribution >= 0.6 is 0 Å². The molecular formula is C30H59N7O18. The van der Waals surface area contributed by atoms with Crippen molar-refractivity contribution in [1.82, 2.24) is 10.6 Å². The molecule has 3 saturated heterocycles. The Bertz CT molecular complexity index is 1190. The zero-order chi connectivity index (χ0) is 40.9. The summed E-state index contributed by atoms with van der Waals surface area (Å²) < 4.78 is 35.2. The Morgan fingerprint density at radius 1 is 0.709 bits per heavy atom. The lowest BCUT2D eigenvalue weighted by molar-refractivity contribution is -0.308. The third-order valence-corrected chi connectivity index (χ3v) is 10.2. The number of nitrogens with two attached hydrogens (primary N) is 5. The van der Waals surface area contributed by atoms with Crippen LogP contribution in [0.5, 0.6) is 0 Å². The Hall–Kier alpha value is -1.45. The Kier molecular flexibility index (Phi) is 17.2. The highest BCUT2D eigenvalue weighted by molar-refractivity contribution is 5.81. The topological polar surface area (TPSA) is 449 Å². The maximum Gasteiger partial charge on any atom is 0.251 e. The van der Waals surface area contributed by atoms with Crippen molar-refractivity contribution < 1.29 is 89.4 Å². The molecule has 0 aromatic rings. The smallest absolute Gasteiger partial charge is 0.251 e. The van der Waals surface area contributed by atoms with E-state index in [-0.39, 0.29) is 26.1 Å². The van der Waals surface area contributed by atoms with Crippen LogP contribution in [0.2, 0.25) is 0 Å². The van der Waals surface area contributed by atoms with Crippen molar-refractivity contribution >= 4 is 5.91 Å². The summed E-state index contributed by atoms with van der Waals surface area (Å²) in [7, 11) is 0. The van der Waals surface area contributed by atoms with E-state index in [2.05, 4.69) is 10.6 Å². The van der Waals surface area contributed by atoms with Crippen LogP contribution in [-0.2, 0) is 33.2 Å². The molecule has 23 N–H and O–H groups in total. The number of aliphatic hydroxyl groups excluding tert-OH is 11. The predicted octanol–water partition coefficient (Wildman–Crippen LogP) is -12.1. The van der Waals surface area contributed by atoms with E-state index in [0.29, 0.717) is 0 Å². The van der Waals surface area contributed by atoms with Crippen LogP contribution in [0.4, 0.5) is 0 Å². The molecule has 322 valence electrons. The Labute approximate surface area is 315 Å². The van der Waals surface area contributed by atoms with Crippen LogP contribution in [-0.4, -0.2) is 236 Å². The minimum Gasteiger partial charge on any atom is -0.394 e. The largest absolute Gasteiger partial charge is 0.394 e. The number of amides is 1. The molecule has 1 aliphatic carbocycles. The molecule has 0 aromatic carbocycles. The quantitative estimate of drug-likeness (QED) is 0.0649. The van der Waals surface area contributed by atoms with E-state index in [0.717, 1.165) is 0 Å². The van der Waals surface area contributed by atoms with Crippen molar-refractivity contribution in [3.05, 3.63) is 0 Å². The molecule has 4 aliphatic rings. The standard InChI is InChI=1S/C30H59N7O18/c31-2-11(41)18(43)27(49)37-10-1-9(33)24(53-29-16(35)22(47)20(45)13(51-29)5-36-4-8(40)6-38)26(17(10)42)55-30-23(48)25(14(7-39)52-30)54-28-15(34)21(46)19(44)12(3-32)50-28/h8-26,28-30,36,38-48H,1-7,31-35H2,(H,37,49)/t8?,9-,10+,11-,12-,13+,14+,15+,16+,17-,18-,19+,20+,21+,22+,23+,24+,25+,26+,28+,29+,30-/m0/s1. The molecule has 1 amide bonds. The molecule has 0 bridgehead atoms. The summed E-state index contributed by atoms with van der Waals surface area (Å²) in [5, 5.41) is 119. The Morgan fingerprint density at radius 2 is 1.25 bits per heavy atom. The number of rotatable bonds is 17. The summed E-state index contributed by atoms with van der Waals surface area (Å²) in [5.74, 6) is -1.12. The number of ether oxygens (including phenoxy) is 6. The van der Waals surface area contributed by atoms with Gasteiger partial charge in [0.2, 0.25) is 0 Å². The van der Waals surface area contributed by atoms with Gasteiger partial charge in [-0.25, -0.2) is 0 Å². The molecule has 0 radical (unpaired) electrons. The van der Waals surface area contributed by atoms with Crippen molar-refractivity contribution in [3.8, 4) is 0 Å². The van der Waals surface area contributed by atoms with Gasteiger partial charge in [0.05, 0.1) is 37.4 Å². The summed E-state index contributed by atoms with van der Waals surface area (Å²) in [4.78, 5) is 12.8. The van der Waals surface area contributed by atoms with Gasteiger partial charge in [0.25, 0.3) is 5.91 Å². The second kappa shape index (κ2) is 20.5. The summed E-state index contributed by atoms with van der Waals surface area (Å²) in [6.07, 6.45) is -27.8. The molecular weight excluding hydrogens is 746 g/mol. The minimum absolute atomic E-state index is 0.103. The van der Waals surface area contributed by atoms with Gasteiger partial charge in [-0.15, -0.1) is 0 Å². The van der Waals surface area contributed by atoms with Gasteiger partial charge in [-0.2, -0.15) is 0 Å². The van der Waals surface area contributed by atoms with Gasteiger partial charge < -0.3 is 124 Å². The highest BCUT2D eigenvalue weighted by Crippen LogP contribution is 2.35. The molecule has 3 heterocycles. The number of nitrogens with one attached hydrogen (secondary N) is 2. The lowest BCUT2D eigenvalue weighted by Gasteiger charge is -2.48. The first kappa shape index (κ1) is 46.2. The van der Waals surface area contributed by atoms with E-state index in [4.69, 9.17) is 62.2 Å². The van der Waals surface area contributed by atoms with Gasteiger partial charge >= 0.3 is 0 Å². The first-order valence-corrected chi connectivity index (χ1v) is 17.9. The molecule has 1 unspecified atom stereocenters. The average molecular weight is 806 g/mol. The van der Waals surface area contributed by atoms with Gasteiger partial charge in [0, 0.05) is 32.2 Å². The molecule has 25 heteroatoms. The number of carbonyl (C=O) groups excluding carboxylic acids is 1. The summed E-state index contributed by atoms with van der Waals surface area (Å²) in [6.45, 7) is -2.29. The molecule has 22 atom stereocenters. The maximum atomic E-state index is 12.8. The molecule has 4 rings (SSSR count). The van der Waals surface area contributed by atoms with Crippen LogP contribution in [0, 0.1) is 0 Å². The number of hydrogen-bond acceptors (Lipinski definition) is 24. The zero-order valence-corrected chi connectivity index (χ0v) is 29.8. The van der Waals surface area contributed by atoms with Gasteiger partial charge in [0.1, 0.15) is 79.4 Å². The fourth-order valence-corrected chi connectivity index (χ4v) is 6.85. The van der Waals surface area contributed by atoms with Crippen LogP contribution < -0.4 is 39.3 Å². The van der Waals surface area contributed by atoms with Gasteiger partial charge in [-0.05, 0) is 6.42 Å². The maximum absolute atomic E-state index is 12.8. The second-order valence-corrected chi connectivity index (χ2v) is 14.2. The van der Waals surface area contributed by atoms with Crippen LogP contribution in [0.3, 0.4) is 0 Å². The summed E-state index contributed by atoms with van der Waals surface area (Å²) in [5.41, 5.74) is 29.7. The summed E-state index contributed by atoms with van der Waals surface area (Å²) in [6, 6.07) is -5.24. The SMILES string of the molecule is NC[C@@H]1O[C@H](O[C@H]2[C@@H](O)[C@H](O[C@@H]3[C@@H](O)[C@H](NC(=O)[C@@H](O)[C@@H](O)CN)C[C@H](N)[C@H]3O[C@H]3O[C@H](CNCC(O)CO)[C@@H](O)[C@H](O)[C@H]3N)O[C@@H]2CO)[C@H](N)[C@@H](O)[C@@H]1O. The molecule has 25 nitrogen and oxygen atoms in total. The number of carbonyl (C=O) groups is 1. The third kappa shape index (κ3) is 10.6. The van der Waals surface area contributed by atoms with Crippen LogP contribution in [0.25, 0.3) is 0 Å². The average Bonchev–Trinajstić information content (AvgIpc) is 3.47. The monoisotopic (exact) mass is 805 g/mol. The summed E-state index contributed by atoms with van der Waals surface area (Å²) >= 11 is 0. The third-order valence-electron chi connectivity index (χ3n) is 10.2. The molecule has 4 fully saturated rings. The first-order chi connectivity index (χ1) is 26.0. The van der Waals surface area contributed by atoms with E-state index in [1.54, 1.807) is 0 Å². The number of aliphatic hydroxyl groups is 11. The van der Waals surface area contributed by atoms with Crippen molar-refractivity contribution in [3.63, 3.8) is 0 Å². The van der Waals surface area contributed by atoms with Gasteiger partial charge in [-0.3, -0.25) is 4.79 Å². The van der Waals surface area contributed by atoms with Gasteiger partial charge in [-0.1, -0.05) is 0 Å². The number of hydrogen-bond donors (Lipinski definition) is 18. The predicted molar refractivity (Wildman–Crippen MR) is 180 cm³/mol. The molecule has 1 saturated carbocycles. The first-order valence-electron chi connectivity index (χ1n) is 17.9. The minimum atomic E-state index is -2.00. The molecule has 55 heavy (non-hydrogen) atoms. The highest BCUT2D eigenvalue weighted by Gasteiger charge is 2.55. The normalized spacial score (nSPS) is 45.6. The lowest BCUT2D eigenvalue weighted by Crippen LogP contribution is -2.69. The molecule has 0 spiro atoms. The van der Waals surface area contributed by atoms with Crippen molar-refractivity contribution in [2.24, 2.45) is 28.7 Å². The highest BCUT2D eigenvalue weighted by atomic mass is 16.8. The Morgan fingerprint density at radius 3 is 1.82 bits per heavy atom. The fourth-order valence-electron chi connectivity index (χ4n) is 6.85. The van der Waals surface area contributed by atoms with Gasteiger partial charge in [0.15, 0.2) is 25.0 Å². The van der Waals surface area contributed by atoms with E-state index in [1.807, 2.05) is 0 Å². The van der Waals surface area contributed by atoms with E-state index in [1.165, 1.54) is 0 Å². The van der Waals surface area contributed by atoms with E-state index >= 15 is 0 Å². The van der Waals surface area contributed by atoms with E-state index in [9.17, 15) is 55.9 Å². The van der Waals surface area contributed by atoms with E-state index < -0.39 is 160 Å². The zero-order valence-electron chi connectivity index (χ0n) is 29.8.